The second-order valence-electron chi connectivity index (χ2n) is 3.01. The third kappa shape index (κ3) is 2.00. The fraction of sp³-hybridized carbons (Fsp3) is 0.100. The van der Waals surface area contributed by atoms with E-state index in [1.807, 2.05) is 0 Å². The van der Waals surface area contributed by atoms with Gasteiger partial charge in [0.05, 0.1) is 11.6 Å². The Labute approximate surface area is 90.6 Å². The summed E-state index contributed by atoms with van der Waals surface area (Å²) in [6, 6.07) is 5.71. The molecular formula is C10H8ClFN2O. The number of hydrogen-bond donors (Lipinski definition) is 1. The molecule has 15 heavy (non-hydrogen) atoms. The van der Waals surface area contributed by atoms with Gasteiger partial charge in [-0.1, -0.05) is 16.8 Å². The molecule has 0 radical (unpaired) electrons. The van der Waals surface area contributed by atoms with Crippen LogP contribution in [0.4, 0.5) is 4.39 Å². The molecule has 0 atom stereocenters. The largest absolute Gasteiger partial charge is 0.359 e. The van der Waals surface area contributed by atoms with Crippen molar-refractivity contribution < 1.29 is 8.91 Å². The normalized spacial score (nSPS) is 10.6. The van der Waals surface area contributed by atoms with Gasteiger partial charge in [0.1, 0.15) is 11.5 Å². The van der Waals surface area contributed by atoms with Gasteiger partial charge in [-0.3, -0.25) is 0 Å². The molecule has 0 aliphatic rings. The van der Waals surface area contributed by atoms with E-state index in [1.165, 1.54) is 18.2 Å². The highest BCUT2D eigenvalue weighted by Crippen LogP contribution is 2.27. The van der Waals surface area contributed by atoms with Gasteiger partial charge in [0.2, 0.25) is 0 Å². The molecule has 1 heterocycles. The van der Waals surface area contributed by atoms with E-state index in [0.29, 0.717) is 22.0 Å². The third-order valence-electron chi connectivity index (χ3n) is 1.96. The quantitative estimate of drug-likeness (QED) is 0.856. The van der Waals surface area contributed by atoms with E-state index >= 15 is 0 Å². The van der Waals surface area contributed by atoms with Crippen LogP contribution in [0.5, 0.6) is 0 Å². The molecule has 0 spiro atoms. The van der Waals surface area contributed by atoms with Crippen molar-refractivity contribution in [2.24, 2.45) is 5.73 Å². The highest BCUT2D eigenvalue weighted by molar-refractivity contribution is 6.33. The molecule has 0 unspecified atom stereocenters. The molecule has 5 heteroatoms. The highest BCUT2D eigenvalue weighted by Gasteiger charge is 2.10. The average molecular weight is 227 g/mol. The van der Waals surface area contributed by atoms with Crippen molar-refractivity contribution in [3.8, 4) is 11.3 Å². The molecule has 1 aromatic heterocycles. The van der Waals surface area contributed by atoms with Crippen LogP contribution in [0.15, 0.2) is 28.8 Å². The summed E-state index contributed by atoms with van der Waals surface area (Å²) in [6.07, 6.45) is 0. The van der Waals surface area contributed by atoms with E-state index in [0.717, 1.165) is 0 Å². The summed E-state index contributed by atoms with van der Waals surface area (Å²) in [7, 11) is 0. The van der Waals surface area contributed by atoms with Crippen LogP contribution >= 0.6 is 11.6 Å². The monoisotopic (exact) mass is 226 g/mol. The zero-order valence-corrected chi connectivity index (χ0v) is 8.46. The van der Waals surface area contributed by atoms with Gasteiger partial charge in [-0.15, -0.1) is 0 Å². The Kier molecular flexibility index (Phi) is 2.70. The van der Waals surface area contributed by atoms with Gasteiger partial charge in [0.25, 0.3) is 0 Å². The van der Waals surface area contributed by atoms with Gasteiger partial charge in [-0.2, -0.15) is 0 Å². The minimum atomic E-state index is -0.369. The fourth-order valence-electron chi connectivity index (χ4n) is 1.23. The molecule has 0 aliphatic carbocycles. The molecule has 2 rings (SSSR count). The first-order chi connectivity index (χ1) is 7.20. The Morgan fingerprint density at radius 2 is 2.20 bits per heavy atom. The standard InChI is InChI=1S/C10H8ClFN2O/c11-9-2-1-6(12)3-8(9)10-4-7(5-13)15-14-10/h1-4H,5,13H2. The molecule has 2 aromatic rings. The first-order valence-electron chi connectivity index (χ1n) is 4.32. The summed E-state index contributed by atoms with van der Waals surface area (Å²) in [5, 5.41) is 4.18. The van der Waals surface area contributed by atoms with Gasteiger partial charge in [0.15, 0.2) is 5.76 Å². The van der Waals surface area contributed by atoms with Gasteiger partial charge in [-0.25, -0.2) is 4.39 Å². The molecular weight excluding hydrogens is 219 g/mol. The van der Waals surface area contributed by atoms with E-state index < -0.39 is 0 Å². The van der Waals surface area contributed by atoms with Crippen LogP contribution in [0.3, 0.4) is 0 Å². The van der Waals surface area contributed by atoms with Crippen molar-refractivity contribution in [3.05, 3.63) is 40.9 Å². The Balaban J connectivity index is 2.48. The first-order valence-corrected chi connectivity index (χ1v) is 4.69. The average Bonchev–Trinajstić information content (AvgIpc) is 2.70. The number of rotatable bonds is 2. The molecule has 0 fully saturated rings. The molecule has 1 aromatic carbocycles. The lowest BCUT2D eigenvalue weighted by Crippen LogP contribution is -1.92. The molecule has 0 amide bonds. The highest BCUT2D eigenvalue weighted by atomic mass is 35.5. The SMILES string of the molecule is NCc1cc(-c2cc(F)ccc2Cl)no1. The smallest absolute Gasteiger partial charge is 0.150 e. The van der Waals surface area contributed by atoms with E-state index in [9.17, 15) is 4.39 Å². The van der Waals surface area contributed by atoms with Gasteiger partial charge in [0, 0.05) is 11.6 Å². The van der Waals surface area contributed by atoms with Gasteiger partial charge in [-0.05, 0) is 18.2 Å². The maximum Gasteiger partial charge on any atom is 0.150 e. The second-order valence-corrected chi connectivity index (χ2v) is 3.41. The summed E-state index contributed by atoms with van der Waals surface area (Å²) < 4.78 is 17.9. The zero-order chi connectivity index (χ0) is 10.8. The predicted octanol–water partition coefficient (Wildman–Crippen LogP) is 2.59. The lowest BCUT2D eigenvalue weighted by molar-refractivity contribution is 0.387. The Hall–Kier alpha value is -1.39. The molecule has 0 saturated carbocycles. The number of halogens is 2. The van der Waals surface area contributed by atoms with Crippen molar-refractivity contribution in [2.45, 2.75) is 6.54 Å². The predicted molar refractivity (Wildman–Crippen MR) is 54.8 cm³/mol. The number of nitrogens with zero attached hydrogens (tertiary/aromatic N) is 1. The van der Waals surface area contributed by atoms with Crippen LogP contribution in [0.25, 0.3) is 11.3 Å². The molecule has 0 bridgehead atoms. The zero-order valence-electron chi connectivity index (χ0n) is 7.71. The van der Waals surface area contributed by atoms with Crippen molar-refractivity contribution >= 4 is 11.6 Å². The molecule has 2 N–H and O–H groups in total. The summed E-state index contributed by atoms with van der Waals surface area (Å²) in [4.78, 5) is 0. The van der Waals surface area contributed by atoms with E-state index in [2.05, 4.69) is 5.16 Å². The van der Waals surface area contributed by atoms with Crippen molar-refractivity contribution in [2.75, 3.05) is 0 Å². The van der Waals surface area contributed by atoms with Crippen LogP contribution < -0.4 is 5.73 Å². The number of aromatic nitrogens is 1. The summed E-state index contributed by atoms with van der Waals surface area (Å²) >= 11 is 5.90. The Morgan fingerprint density at radius 1 is 1.40 bits per heavy atom. The number of nitrogens with two attached hydrogens (primary N) is 1. The fourth-order valence-corrected chi connectivity index (χ4v) is 1.44. The first kappa shape index (κ1) is 10.1. The van der Waals surface area contributed by atoms with Crippen molar-refractivity contribution in [3.63, 3.8) is 0 Å². The van der Waals surface area contributed by atoms with Crippen LogP contribution in [0.2, 0.25) is 5.02 Å². The van der Waals surface area contributed by atoms with Gasteiger partial charge < -0.3 is 10.3 Å². The summed E-state index contributed by atoms with van der Waals surface area (Å²) in [5.74, 6) is 0.164. The van der Waals surface area contributed by atoms with Crippen LogP contribution in [-0.4, -0.2) is 5.16 Å². The Morgan fingerprint density at radius 3 is 2.87 bits per heavy atom. The topological polar surface area (TPSA) is 52.0 Å². The maximum absolute atomic E-state index is 13.0. The van der Waals surface area contributed by atoms with E-state index in [1.54, 1.807) is 6.07 Å². The van der Waals surface area contributed by atoms with Crippen molar-refractivity contribution in [1.82, 2.24) is 5.16 Å². The van der Waals surface area contributed by atoms with Crippen LogP contribution in [-0.2, 0) is 6.54 Å². The molecule has 78 valence electrons. The third-order valence-corrected chi connectivity index (χ3v) is 2.29. The second kappa shape index (κ2) is 4.00. The minimum absolute atomic E-state index is 0.250. The minimum Gasteiger partial charge on any atom is -0.359 e. The lowest BCUT2D eigenvalue weighted by atomic mass is 10.1. The van der Waals surface area contributed by atoms with Gasteiger partial charge >= 0.3 is 0 Å². The number of benzene rings is 1. The maximum atomic E-state index is 13.0. The molecule has 3 nitrogen and oxygen atoms in total. The number of hydrogen-bond acceptors (Lipinski definition) is 3. The van der Waals surface area contributed by atoms with Crippen LogP contribution in [0.1, 0.15) is 5.76 Å². The molecule has 0 aliphatic heterocycles. The summed E-state index contributed by atoms with van der Waals surface area (Å²) in [5.41, 5.74) is 6.35. The Bertz CT molecular complexity index is 484. The van der Waals surface area contributed by atoms with E-state index in [-0.39, 0.29) is 12.4 Å². The summed E-state index contributed by atoms with van der Waals surface area (Å²) in [6.45, 7) is 0.250. The lowest BCUT2D eigenvalue weighted by Gasteiger charge is -1.98. The van der Waals surface area contributed by atoms with Crippen LogP contribution in [0, 0.1) is 5.82 Å². The van der Waals surface area contributed by atoms with Crippen molar-refractivity contribution in [1.29, 1.82) is 0 Å². The molecule has 0 saturated heterocycles. The van der Waals surface area contributed by atoms with E-state index in [4.69, 9.17) is 21.9 Å².